The summed E-state index contributed by atoms with van der Waals surface area (Å²) in [5.41, 5.74) is 2.78. The lowest BCUT2D eigenvalue weighted by atomic mass is 9.50. The molecule has 5 atom stereocenters. The molecule has 3 heteroatoms. The zero-order chi connectivity index (χ0) is 14.1. The number of hydrogen-bond donors (Lipinski definition) is 2. The van der Waals surface area contributed by atoms with Gasteiger partial charge in [0.15, 0.2) is 0 Å². The van der Waals surface area contributed by atoms with Crippen molar-refractivity contribution in [2.45, 2.75) is 50.6 Å². The van der Waals surface area contributed by atoms with Crippen LogP contribution < -0.4 is 5.32 Å². The van der Waals surface area contributed by atoms with Crippen LogP contribution in [0.15, 0.2) is 18.2 Å². The third-order valence-electron chi connectivity index (χ3n) is 6.04. The van der Waals surface area contributed by atoms with E-state index in [2.05, 4.69) is 18.3 Å². The molecule has 0 radical (unpaired) electrons. The second-order valence-electron chi connectivity index (χ2n) is 7.11. The van der Waals surface area contributed by atoms with Gasteiger partial charge in [0.2, 0.25) is 0 Å². The third-order valence-corrected chi connectivity index (χ3v) is 6.04. The van der Waals surface area contributed by atoms with Gasteiger partial charge in [-0.3, -0.25) is 4.79 Å². The van der Waals surface area contributed by atoms with E-state index in [4.69, 9.17) is 0 Å². The highest BCUT2D eigenvalue weighted by Crippen LogP contribution is 2.55. The molecule has 0 aromatic heterocycles. The van der Waals surface area contributed by atoms with Crippen molar-refractivity contribution in [2.75, 3.05) is 0 Å². The number of carbonyl (C=O) groups is 1. The summed E-state index contributed by atoms with van der Waals surface area (Å²) in [6.07, 6.45) is 3.04. The highest BCUT2D eigenvalue weighted by molar-refractivity contribution is 5.79. The second kappa shape index (κ2) is 3.85. The van der Waals surface area contributed by atoms with Crippen molar-refractivity contribution >= 4 is 5.78 Å². The number of benzene rings is 1. The molecule has 3 nitrogen and oxygen atoms in total. The molecule has 2 aliphatic heterocycles. The minimum Gasteiger partial charge on any atom is -0.508 e. The molecule has 1 saturated carbocycles. The maximum Gasteiger partial charge on any atom is 0.134 e. The lowest BCUT2D eigenvalue weighted by molar-refractivity contribution is -0.127. The van der Waals surface area contributed by atoms with Crippen molar-refractivity contribution in [3.05, 3.63) is 29.3 Å². The highest BCUT2D eigenvalue weighted by Gasteiger charge is 2.57. The van der Waals surface area contributed by atoms with Crippen LogP contribution in [0.25, 0.3) is 0 Å². The van der Waals surface area contributed by atoms with E-state index in [1.807, 2.05) is 6.07 Å². The van der Waals surface area contributed by atoms with Gasteiger partial charge in [0.1, 0.15) is 11.5 Å². The third kappa shape index (κ3) is 1.47. The van der Waals surface area contributed by atoms with Crippen LogP contribution in [0.1, 0.15) is 37.8 Å². The Morgan fingerprint density at radius 1 is 1.40 bits per heavy atom. The van der Waals surface area contributed by atoms with E-state index in [1.165, 1.54) is 11.1 Å². The van der Waals surface area contributed by atoms with E-state index in [0.29, 0.717) is 29.5 Å². The van der Waals surface area contributed by atoms with E-state index < -0.39 is 0 Å². The molecule has 106 valence electrons. The van der Waals surface area contributed by atoms with Crippen molar-refractivity contribution < 1.29 is 9.90 Å². The molecule has 3 fully saturated rings. The van der Waals surface area contributed by atoms with Crippen LogP contribution in [0, 0.1) is 11.8 Å². The molecule has 2 aliphatic carbocycles. The molecular weight excluding hydrogens is 250 g/mol. The molecule has 4 bridgehead atoms. The summed E-state index contributed by atoms with van der Waals surface area (Å²) in [7, 11) is 0. The van der Waals surface area contributed by atoms with Crippen LogP contribution in [-0.4, -0.2) is 23.0 Å². The van der Waals surface area contributed by atoms with Crippen LogP contribution in [-0.2, 0) is 16.6 Å². The number of phenolic OH excluding ortho intramolecular Hbond substituents is 1. The summed E-state index contributed by atoms with van der Waals surface area (Å²) < 4.78 is 0. The summed E-state index contributed by atoms with van der Waals surface area (Å²) in [5.74, 6) is 1.38. The Hall–Kier alpha value is -1.35. The van der Waals surface area contributed by atoms with Crippen molar-refractivity contribution in [1.82, 2.24) is 5.32 Å². The Morgan fingerprint density at radius 2 is 2.20 bits per heavy atom. The van der Waals surface area contributed by atoms with Gasteiger partial charge in [-0.1, -0.05) is 13.0 Å². The topological polar surface area (TPSA) is 49.3 Å². The van der Waals surface area contributed by atoms with Crippen molar-refractivity contribution in [3.8, 4) is 5.75 Å². The Kier molecular flexibility index (Phi) is 2.39. The van der Waals surface area contributed by atoms with Gasteiger partial charge in [-0.25, -0.2) is 0 Å². The van der Waals surface area contributed by atoms with Crippen molar-refractivity contribution in [1.29, 1.82) is 0 Å². The average molecular weight is 271 g/mol. The normalized spacial score (nSPS) is 41.3. The maximum absolute atomic E-state index is 11.8. The zero-order valence-corrected chi connectivity index (χ0v) is 12.0. The first-order valence-corrected chi connectivity index (χ1v) is 7.58. The molecule has 5 rings (SSSR count). The molecule has 2 saturated heterocycles. The predicted molar refractivity (Wildman–Crippen MR) is 76.8 cm³/mol. The van der Waals surface area contributed by atoms with Crippen molar-refractivity contribution in [2.24, 2.45) is 11.8 Å². The van der Waals surface area contributed by atoms with Gasteiger partial charge in [-0.05, 0) is 60.8 Å². The second-order valence-corrected chi connectivity index (χ2v) is 7.11. The highest BCUT2D eigenvalue weighted by atomic mass is 16.3. The number of Topliss-reactive ketones (excluding diaryl/α,β-unsaturated/α-hetero) is 1. The molecule has 20 heavy (non-hydrogen) atoms. The number of hydrogen-bond acceptors (Lipinski definition) is 3. The van der Waals surface area contributed by atoms with Gasteiger partial charge < -0.3 is 10.4 Å². The summed E-state index contributed by atoms with van der Waals surface area (Å²) in [4.78, 5) is 11.8. The average Bonchev–Trinajstić information content (AvgIpc) is 2.39. The Balaban J connectivity index is 1.81. The quantitative estimate of drug-likeness (QED) is 0.823. The number of carbonyl (C=O) groups excluding carboxylic acids is 1. The number of aromatic hydroxyl groups is 1. The van der Waals surface area contributed by atoms with Gasteiger partial charge in [-0.15, -0.1) is 0 Å². The number of rotatable bonds is 1. The van der Waals surface area contributed by atoms with Gasteiger partial charge in [0, 0.05) is 18.0 Å². The number of ketones is 1. The number of nitrogens with one attached hydrogen (secondary N) is 1. The fourth-order valence-corrected chi connectivity index (χ4v) is 5.09. The minimum atomic E-state index is 0.110. The molecule has 0 spiro atoms. The van der Waals surface area contributed by atoms with Crippen LogP contribution in [0.2, 0.25) is 0 Å². The van der Waals surface area contributed by atoms with Crippen LogP contribution >= 0.6 is 0 Å². The Morgan fingerprint density at radius 3 is 2.90 bits per heavy atom. The lowest BCUT2D eigenvalue weighted by Gasteiger charge is -2.60. The molecule has 2 N–H and O–H groups in total. The first-order valence-electron chi connectivity index (χ1n) is 7.58. The molecule has 4 aliphatic rings. The van der Waals surface area contributed by atoms with Crippen molar-refractivity contribution in [3.63, 3.8) is 0 Å². The Labute approximate surface area is 119 Å². The molecular formula is C17H21NO2. The van der Waals surface area contributed by atoms with Gasteiger partial charge in [0.25, 0.3) is 0 Å². The first kappa shape index (κ1) is 12.4. The summed E-state index contributed by atoms with van der Waals surface area (Å²) in [6, 6.07) is 6.61. The van der Waals surface area contributed by atoms with Crippen LogP contribution in [0.3, 0.4) is 0 Å². The fraction of sp³-hybridized carbons (Fsp3) is 0.588. The lowest BCUT2D eigenvalue weighted by Crippen LogP contribution is -2.68. The van der Waals surface area contributed by atoms with E-state index in [-0.39, 0.29) is 11.3 Å². The van der Waals surface area contributed by atoms with Gasteiger partial charge >= 0.3 is 0 Å². The number of fused-ring (bicyclic) bond motifs is 2. The monoisotopic (exact) mass is 271 g/mol. The summed E-state index contributed by atoms with van der Waals surface area (Å²) in [6.45, 7) is 4.05. The predicted octanol–water partition coefficient (Wildman–Crippen LogP) is 2.16. The molecule has 1 aromatic rings. The molecule has 4 unspecified atom stereocenters. The standard InChI is InChI=1S/C17H21NO2/c1-9(19)12-7-14-15-5-10-3-4-11(20)6-13(10)17(14,2)8-16(12)18-15/h3-4,6,12,14-16,18,20H,5,7-8H2,1-2H3/t12?,14?,15?,16?,17-/m1/s1. The largest absolute Gasteiger partial charge is 0.508 e. The molecule has 2 heterocycles. The number of phenols is 1. The molecule has 1 aromatic carbocycles. The fourth-order valence-electron chi connectivity index (χ4n) is 5.09. The zero-order valence-electron chi connectivity index (χ0n) is 12.0. The van der Waals surface area contributed by atoms with E-state index in [0.717, 1.165) is 19.3 Å². The van der Waals surface area contributed by atoms with Crippen LogP contribution in [0.4, 0.5) is 0 Å². The van der Waals surface area contributed by atoms with E-state index in [9.17, 15) is 9.90 Å². The molecule has 0 amide bonds. The van der Waals surface area contributed by atoms with Crippen LogP contribution in [0.5, 0.6) is 5.75 Å². The number of piperidine rings is 2. The van der Waals surface area contributed by atoms with Gasteiger partial charge in [0.05, 0.1) is 0 Å². The SMILES string of the molecule is CC(=O)C1CC2C3Cc4ccc(O)cc4[C@@]2(C)CC1N3. The Bertz CT molecular complexity index is 597. The van der Waals surface area contributed by atoms with Gasteiger partial charge in [-0.2, -0.15) is 0 Å². The first-order chi connectivity index (χ1) is 9.49. The minimum absolute atomic E-state index is 0.110. The van der Waals surface area contributed by atoms with E-state index in [1.54, 1.807) is 13.0 Å². The van der Waals surface area contributed by atoms with E-state index >= 15 is 0 Å². The summed E-state index contributed by atoms with van der Waals surface area (Å²) in [5, 5.41) is 13.6. The summed E-state index contributed by atoms with van der Waals surface area (Å²) >= 11 is 0. The maximum atomic E-state index is 11.8. The smallest absolute Gasteiger partial charge is 0.134 e.